The smallest absolute Gasteiger partial charge is 0.253 e. The number of amides is 2. The highest BCUT2D eigenvalue weighted by atomic mass is 16.2. The summed E-state index contributed by atoms with van der Waals surface area (Å²) < 4.78 is 0. The molecule has 130 valence electrons. The minimum atomic E-state index is -0.194. The fraction of sp³-hybridized carbons (Fsp3) is 0.333. The Bertz CT molecular complexity index is 730. The predicted molar refractivity (Wildman–Crippen MR) is 98.3 cm³/mol. The zero-order valence-corrected chi connectivity index (χ0v) is 14.8. The van der Waals surface area contributed by atoms with Gasteiger partial charge in [0.2, 0.25) is 5.91 Å². The molecule has 0 radical (unpaired) electrons. The van der Waals surface area contributed by atoms with Gasteiger partial charge in [-0.15, -0.1) is 0 Å². The molecule has 3 rings (SSSR count). The normalized spacial score (nSPS) is 19.7. The third-order valence-corrected chi connectivity index (χ3v) is 5.02. The molecular formula is C21H24N2O2. The van der Waals surface area contributed by atoms with Gasteiger partial charge in [0.15, 0.2) is 0 Å². The van der Waals surface area contributed by atoms with Crippen molar-refractivity contribution in [3.63, 3.8) is 0 Å². The standard InChI is InChI=1S/C21H24N2O2/c1-3-22(2)21(25)19-15-23(20(24)17-12-8-5-9-13-17)14-18(19)16-10-6-4-7-11-16/h4-13,18-19H,3,14-15H2,1-2H3. The van der Waals surface area contributed by atoms with Gasteiger partial charge in [-0.05, 0) is 24.6 Å². The SMILES string of the molecule is CCN(C)C(=O)C1CN(C(=O)c2ccccc2)CC1c1ccccc1. The highest BCUT2D eigenvalue weighted by Crippen LogP contribution is 2.34. The first-order valence-corrected chi connectivity index (χ1v) is 8.76. The van der Waals surface area contributed by atoms with E-state index in [-0.39, 0.29) is 23.7 Å². The van der Waals surface area contributed by atoms with Crippen LogP contribution in [0, 0.1) is 5.92 Å². The summed E-state index contributed by atoms with van der Waals surface area (Å²) in [6.45, 7) is 3.68. The fourth-order valence-corrected chi connectivity index (χ4v) is 3.46. The van der Waals surface area contributed by atoms with Crippen LogP contribution in [0.3, 0.4) is 0 Å². The van der Waals surface area contributed by atoms with Crippen LogP contribution < -0.4 is 0 Å². The maximum absolute atomic E-state index is 12.9. The molecule has 2 unspecified atom stereocenters. The largest absolute Gasteiger partial charge is 0.346 e. The second-order valence-corrected chi connectivity index (χ2v) is 6.55. The fourth-order valence-electron chi connectivity index (χ4n) is 3.46. The molecule has 1 heterocycles. The van der Waals surface area contributed by atoms with Gasteiger partial charge in [0.1, 0.15) is 0 Å². The van der Waals surface area contributed by atoms with E-state index in [1.165, 1.54) is 0 Å². The van der Waals surface area contributed by atoms with Gasteiger partial charge in [-0.3, -0.25) is 9.59 Å². The van der Waals surface area contributed by atoms with E-state index in [4.69, 9.17) is 0 Å². The third kappa shape index (κ3) is 3.58. The van der Waals surface area contributed by atoms with Crippen molar-refractivity contribution in [3.05, 3.63) is 71.8 Å². The highest BCUT2D eigenvalue weighted by molar-refractivity contribution is 5.95. The number of hydrogen-bond acceptors (Lipinski definition) is 2. The molecule has 25 heavy (non-hydrogen) atoms. The predicted octanol–water partition coefficient (Wildman–Crippen LogP) is 3.02. The molecule has 1 aliphatic heterocycles. The summed E-state index contributed by atoms with van der Waals surface area (Å²) in [5.74, 6) is -0.0499. The first kappa shape index (κ1) is 17.2. The molecule has 1 fully saturated rings. The Kier molecular flexibility index (Phi) is 5.17. The Morgan fingerprint density at radius 3 is 2.20 bits per heavy atom. The molecule has 0 aromatic heterocycles. The Morgan fingerprint density at radius 1 is 1.00 bits per heavy atom. The number of carbonyl (C=O) groups excluding carboxylic acids is 2. The van der Waals surface area contributed by atoms with E-state index in [1.807, 2.05) is 79.5 Å². The van der Waals surface area contributed by atoms with E-state index in [9.17, 15) is 9.59 Å². The Hall–Kier alpha value is -2.62. The van der Waals surface area contributed by atoms with Crippen molar-refractivity contribution in [1.29, 1.82) is 0 Å². The maximum atomic E-state index is 12.9. The Labute approximate surface area is 149 Å². The summed E-state index contributed by atoms with van der Waals surface area (Å²) in [6.07, 6.45) is 0. The quantitative estimate of drug-likeness (QED) is 0.861. The minimum Gasteiger partial charge on any atom is -0.346 e. The van der Waals surface area contributed by atoms with Gasteiger partial charge < -0.3 is 9.80 Å². The molecular weight excluding hydrogens is 312 g/mol. The van der Waals surface area contributed by atoms with Gasteiger partial charge in [-0.25, -0.2) is 0 Å². The van der Waals surface area contributed by atoms with Crippen molar-refractivity contribution in [2.24, 2.45) is 5.92 Å². The second-order valence-electron chi connectivity index (χ2n) is 6.55. The zero-order chi connectivity index (χ0) is 17.8. The summed E-state index contributed by atoms with van der Waals surface area (Å²) in [4.78, 5) is 29.3. The number of nitrogens with zero attached hydrogens (tertiary/aromatic N) is 2. The minimum absolute atomic E-state index is 0.00372. The molecule has 0 saturated carbocycles. The Morgan fingerprint density at radius 2 is 1.60 bits per heavy atom. The molecule has 0 spiro atoms. The summed E-state index contributed by atoms with van der Waals surface area (Å²) in [7, 11) is 1.83. The van der Waals surface area contributed by atoms with E-state index >= 15 is 0 Å². The third-order valence-electron chi connectivity index (χ3n) is 5.02. The maximum Gasteiger partial charge on any atom is 0.253 e. The first-order chi connectivity index (χ1) is 12.1. The molecule has 1 aliphatic rings. The van der Waals surface area contributed by atoms with Crippen molar-refractivity contribution < 1.29 is 9.59 Å². The Balaban J connectivity index is 1.87. The molecule has 4 nitrogen and oxygen atoms in total. The molecule has 0 bridgehead atoms. The van der Waals surface area contributed by atoms with E-state index < -0.39 is 0 Å². The van der Waals surface area contributed by atoms with Crippen LogP contribution in [-0.4, -0.2) is 48.3 Å². The lowest BCUT2D eigenvalue weighted by molar-refractivity contribution is -0.133. The lowest BCUT2D eigenvalue weighted by Crippen LogP contribution is -2.36. The van der Waals surface area contributed by atoms with Crippen LogP contribution in [0.2, 0.25) is 0 Å². The van der Waals surface area contributed by atoms with E-state index in [0.29, 0.717) is 25.2 Å². The second kappa shape index (κ2) is 7.51. The lowest BCUT2D eigenvalue weighted by Gasteiger charge is -2.23. The summed E-state index contributed by atoms with van der Waals surface area (Å²) >= 11 is 0. The average molecular weight is 336 g/mol. The van der Waals surface area contributed by atoms with Crippen LogP contribution in [0.25, 0.3) is 0 Å². The molecule has 2 atom stereocenters. The van der Waals surface area contributed by atoms with Crippen molar-refractivity contribution in [3.8, 4) is 0 Å². The van der Waals surface area contributed by atoms with Gasteiger partial charge in [0, 0.05) is 38.2 Å². The van der Waals surface area contributed by atoms with Crippen LogP contribution in [0.1, 0.15) is 28.8 Å². The number of carbonyl (C=O) groups is 2. The number of hydrogen-bond donors (Lipinski definition) is 0. The topological polar surface area (TPSA) is 40.6 Å². The molecule has 0 N–H and O–H groups in total. The van der Waals surface area contributed by atoms with Gasteiger partial charge >= 0.3 is 0 Å². The van der Waals surface area contributed by atoms with Gasteiger partial charge in [-0.1, -0.05) is 48.5 Å². The van der Waals surface area contributed by atoms with Crippen molar-refractivity contribution in [1.82, 2.24) is 9.80 Å². The van der Waals surface area contributed by atoms with Crippen LogP contribution in [0.15, 0.2) is 60.7 Å². The van der Waals surface area contributed by atoms with Gasteiger partial charge in [0.25, 0.3) is 5.91 Å². The average Bonchev–Trinajstić information content (AvgIpc) is 3.13. The molecule has 2 aromatic rings. The summed E-state index contributed by atoms with van der Waals surface area (Å²) in [6, 6.07) is 19.3. The monoisotopic (exact) mass is 336 g/mol. The molecule has 2 aromatic carbocycles. The highest BCUT2D eigenvalue weighted by Gasteiger charge is 2.41. The van der Waals surface area contributed by atoms with E-state index in [0.717, 1.165) is 5.56 Å². The lowest BCUT2D eigenvalue weighted by atomic mass is 9.88. The number of benzene rings is 2. The van der Waals surface area contributed by atoms with Gasteiger partial charge in [0.05, 0.1) is 5.92 Å². The summed E-state index contributed by atoms with van der Waals surface area (Å²) in [5.41, 5.74) is 1.79. The van der Waals surface area contributed by atoms with E-state index in [1.54, 1.807) is 4.90 Å². The van der Waals surface area contributed by atoms with Crippen molar-refractivity contribution in [2.45, 2.75) is 12.8 Å². The number of rotatable bonds is 4. The van der Waals surface area contributed by atoms with Crippen molar-refractivity contribution >= 4 is 11.8 Å². The van der Waals surface area contributed by atoms with E-state index in [2.05, 4.69) is 0 Å². The van der Waals surface area contributed by atoms with Gasteiger partial charge in [-0.2, -0.15) is 0 Å². The first-order valence-electron chi connectivity index (χ1n) is 8.76. The molecule has 4 heteroatoms. The van der Waals surface area contributed by atoms with Crippen LogP contribution >= 0.6 is 0 Å². The van der Waals surface area contributed by atoms with Crippen LogP contribution in [0.5, 0.6) is 0 Å². The van der Waals surface area contributed by atoms with Crippen molar-refractivity contribution in [2.75, 3.05) is 26.7 Å². The van der Waals surface area contributed by atoms with Crippen LogP contribution in [0.4, 0.5) is 0 Å². The molecule has 2 amide bonds. The zero-order valence-electron chi connectivity index (χ0n) is 14.8. The van der Waals surface area contributed by atoms with Crippen LogP contribution in [-0.2, 0) is 4.79 Å². The molecule has 1 saturated heterocycles. The summed E-state index contributed by atoms with van der Waals surface area (Å²) in [5, 5.41) is 0. The molecule has 0 aliphatic carbocycles. The number of likely N-dealkylation sites (tertiary alicyclic amines) is 1.